The Bertz CT molecular complexity index is 830. The molecule has 2 aromatic carbocycles. The highest BCUT2D eigenvalue weighted by molar-refractivity contribution is 5.99. The smallest absolute Gasteiger partial charge is 0.235 e. The van der Waals surface area contributed by atoms with E-state index >= 15 is 0 Å². The number of carbonyl (C=O) groups excluding carboxylic acids is 1. The van der Waals surface area contributed by atoms with Crippen LogP contribution in [0.5, 0.6) is 5.75 Å². The second-order valence-corrected chi connectivity index (χ2v) is 8.16. The number of unbranched alkanes of at least 4 members (excludes halogenated alkanes) is 1. The number of benzene rings is 2. The van der Waals surface area contributed by atoms with Crippen molar-refractivity contribution in [2.75, 3.05) is 25.1 Å². The molecule has 0 radical (unpaired) electrons. The fourth-order valence-electron chi connectivity index (χ4n) is 4.13. The van der Waals surface area contributed by atoms with Gasteiger partial charge in [0.25, 0.3) is 0 Å². The van der Waals surface area contributed by atoms with E-state index in [0.29, 0.717) is 26.1 Å². The van der Waals surface area contributed by atoms with Gasteiger partial charge in [-0.3, -0.25) is 4.79 Å². The highest BCUT2D eigenvalue weighted by Crippen LogP contribution is 2.37. The Labute approximate surface area is 174 Å². The molecule has 29 heavy (non-hydrogen) atoms. The van der Waals surface area contributed by atoms with Crippen LogP contribution in [0.25, 0.3) is 0 Å². The van der Waals surface area contributed by atoms with E-state index in [-0.39, 0.29) is 5.91 Å². The van der Waals surface area contributed by atoms with Gasteiger partial charge in [-0.25, -0.2) is 0 Å². The first-order chi connectivity index (χ1) is 14.0. The maximum absolute atomic E-state index is 13.5. The van der Waals surface area contributed by atoms with Gasteiger partial charge >= 0.3 is 0 Å². The summed E-state index contributed by atoms with van der Waals surface area (Å²) in [5.74, 6) is 0.973. The molecule has 2 aromatic rings. The van der Waals surface area contributed by atoms with Crippen LogP contribution in [0.15, 0.2) is 36.4 Å². The molecule has 0 aromatic heterocycles. The monoisotopic (exact) mass is 395 g/mol. The van der Waals surface area contributed by atoms with Gasteiger partial charge in [0.2, 0.25) is 5.91 Å². The SMILES string of the molecule is CCCCOc1c(C)cc(NC(=O)C2(c3cccc(C)c3)CCOCC2)cc1C. The van der Waals surface area contributed by atoms with E-state index in [4.69, 9.17) is 9.47 Å². The fraction of sp³-hybridized carbons (Fsp3) is 0.480. The van der Waals surface area contributed by atoms with Gasteiger partial charge in [0.05, 0.1) is 12.0 Å². The van der Waals surface area contributed by atoms with Gasteiger partial charge in [-0.2, -0.15) is 0 Å². The largest absolute Gasteiger partial charge is 0.493 e. The zero-order valence-electron chi connectivity index (χ0n) is 18.1. The van der Waals surface area contributed by atoms with Crippen molar-refractivity contribution >= 4 is 11.6 Å². The third-order valence-electron chi connectivity index (χ3n) is 5.81. The second kappa shape index (κ2) is 9.45. The molecular weight excluding hydrogens is 362 g/mol. The maximum Gasteiger partial charge on any atom is 0.235 e. The number of rotatable bonds is 7. The van der Waals surface area contributed by atoms with Crippen molar-refractivity contribution in [3.8, 4) is 5.75 Å². The molecule has 3 rings (SSSR count). The van der Waals surface area contributed by atoms with E-state index in [1.807, 2.05) is 32.0 Å². The molecule has 1 N–H and O–H groups in total. The predicted molar refractivity (Wildman–Crippen MR) is 118 cm³/mol. The topological polar surface area (TPSA) is 47.6 Å². The Balaban J connectivity index is 1.85. The zero-order valence-corrected chi connectivity index (χ0v) is 18.1. The molecule has 0 unspecified atom stereocenters. The summed E-state index contributed by atoms with van der Waals surface area (Å²) >= 11 is 0. The minimum Gasteiger partial charge on any atom is -0.493 e. The fourth-order valence-corrected chi connectivity index (χ4v) is 4.13. The van der Waals surface area contributed by atoms with Gasteiger partial charge in [0, 0.05) is 18.9 Å². The Kier molecular flexibility index (Phi) is 6.96. The van der Waals surface area contributed by atoms with Crippen molar-refractivity contribution in [2.24, 2.45) is 0 Å². The van der Waals surface area contributed by atoms with Gasteiger partial charge in [0.15, 0.2) is 0 Å². The summed E-state index contributed by atoms with van der Waals surface area (Å²) in [6.07, 6.45) is 3.53. The lowest BCUT2D eigenvalue weighted by Gasteiger charge is -2.36. The zero-order chi connectivity index (χ0) is 20.9. The Morgan fingerprint density at radius 1 is 1.10 bits per heavy atom. The molecule has 0 spiro atoms. The van der Waals surface area contributed by atoms with E-state index in [9.17, 15) is 4.79 Å². The van der Waals surface area contributed by atoms with Crippen molar-refractivity contribution in [3.05, 3.63) is 58.7 Å². The second-order valence-electron chi connectivity index (χ2n) is 8.16. The molecule has 4 heteroatoms. The number of carbonyl (C=O) groups is 1. The van der Waals surface area contributed by atoms with Crippen molar-refractivity contribution in [2.45, 2.75) is 58.8 Å². The lowest BCUT2D eigenvalue weighted by atomic mass is 9.73. The van der Waals surface area contributed by atoms with Crippen molar-refractivity contribution in [1.29, 1.82) is 0 Å². The average Bonchev–Trinajstić information content (AvgIpc) is 2.70. The van der Waals surface area contributed by atoms with E-state index in [1.54, 1.807) is 0 Å². The lowest BCUT2D eigenvalue weighted by molar-refractivity contribution is -0.125. The van der Waals surface area contributed by atoms with Crippen molar-refractivity contribution in [1.82, 2.24) is 0 Å². The van der Waals surface area contributed by atoms with Crippen LogP contribution < -0.4 is 10.1 Å². The molecule has 1 amide bonds. The van der Waals surface area contributed by atoms with E-state index in [2.05, 4.69) is 37.4 Å². The highest BCUT2D eigenvalue weighted by atomic mass is 16.5. The van der Waals surface area contributed by atoms with Gasteiger partial charge in [-0.1, -0.05) is 43.2 Å². The van der Waals surface area contributed by atoms with Crippen molar-refractivity contribution < 1.29 is 14.3 Å². The summed E-state index contributed by atoms with van der Waals surface area (Å²) in [7, 11) is 0. The molecule has 1 heterocycles. The number of amides is 1. The molecule has 0 aliphatic carbocycles. The number of anilines is 1. The minimum atomic E-state index is -0.553. The molecule has 156 valence electrons. The highest BCUT2D eigenvalue weighted by Gasteiger charge is 2.41. The molecule has 4 nitrogen and oxygen atoms in total. The standard InChI is InChI=1S/C25H33NO3/c1-5-6-12-29-23-19(3)16-22(17-20(23)4)26-24(27)25(10-13-28-14-11-25)21-9-7-8-18(2)15-21/h7-9,15-17H,5-6,10-14H2,1-4H3,(H,26,27). The summed E-state index contributed by atoms with van der Waals surface area (Å²) in [5.41, 5.74) is 4.61. The number of nitrogens with one attached hydrogen (secondary N) is 1. The molecule has 1 saturated heterocycles. The summed E-state index contributed by atoms with van der Waals surface area (Å²) < 4.78 is 11.5. The molecule has 1 aliphatic rings. The van der Waals surface area contributed by atoms with Crippen LogP contribution in [0.4, 0.5) is 5.69 Å². The van der Waals surface area contributed by atoms with Crippen LogP contribution in [0.2, 0.25) is 0 Å². The number of aryl methyl sites for hydroxylation is 3. The molecule has 1 aliphatic heterocycles. The summed E-state index contributed by atoms with van der Waals surface area (Å²) in [4.78, 5) is 13.5. The minimum absolute atomic E-state index is 0.0462. The normalized spacial score (nSPS) is 15.7. The Morgan fingerprint density at radius 3 is 2.41 bits per heavy atom. The Morgan fingerprint density at radius 2 is 1.79 bits per heavy atom. The number of hydrogen-bond donors (Lipinski definition) is 1. The first-order valence-electron chi connectivity index (χ1n) is 10.7. The van der Waals surface area contributed by atoms with Crippen molar-refractivity contribution in [3.63, 3.8) is 0 Å². The number of hydrogen-bond acceptors (Lipinski definition) is 3. The average molecular weight is 396 g/mol. The van der Waals surface area contributed by atoms with Gasteiger partial charge in [-0.05, 0) is 68.9 Å². The van der Waals surface area contributed by atoms with Crippen LogP contribution in [0.1, 0.15) is 54.9 Å². The van der Waals surface area contributed by atoms with Crippen LogP contribution in [-0.2, 0) is 14.9 Å². The van der Waals surface area contributed by atoms with Crippen LogP contribution in [0.3, 0.4) is 0 Å². The first-order valence-corrected chi connectivity index (χ1v) is 10.7. The molecule has 0 bridgehead atoms. The maximum atomic E-state index is 13.5. The van der Waals surface area contributed by atoms with E-state index in [0.717, 1.165) is 47.6 Å². The van der Waals surface area contributed by atoms with E-state index < -0.39 is 5.41 Å². The van der Waals surface area contributed by atoms with Crippen LogP contribution in [0, 0.1) is 20.8 Å². The predicted octanol–water partition coefficient (Wildman–Crippen LogP) is 5.48. The van der Waals surface area contributed by atoms with Gasteiger partial charge < -0.3 is 14.8 Å². The van der Waals surface area contributed by atoms with Crippen LogP contribution in [-0.4, -0.2) is 25.7 Å². The van der Waals surface area contributed by atoms with Gasteiger partial charge in [-0.15, -0.1) is 0 Å². The molecular formula is C25H33NO3. The molecule has 0 atom stereocenters. The third-order valence-corrected chi connectivity index (χ3v) is 5.81. The van der Waals surface area contributed by atoms with E-state index in [1.165, 1.54) is 5.56 Å². The van der Waals surface area contributed by atoms with Crippen LogP contribution >= 0.6 is 0 Å². The third kappa shape index (κ3) is 4.81. The quantitative estimate of drug-likeness (QED) is 0.632. The first kappa shape index (κ1) is 21.4. The van der Waals surface area contributed by atoms with Gasteiger partial charge in [0.1, 0.15) is 5.75 Å². The number of ether oxygens (including phenoxy) is 2. The summed E-state index contributed by atoms with van der Waals surface area (Å²) in [6.45, 7) is 10.2. The molecule has 0 saturated carbocycles. The Hall–Kier alpha value is -2.33. The summed E-state index contributed by atoms with van der Waals surface area (Å²) in [5, 5.41) is 3.20. The summed E-state index contributed by atoms with van der Waals surface area (Å²) in [6, 6.07) is 12.3. The molecule has 1 fully saturated rings. The lowest BCUT2D eigenvalue weighted by Crippen LogP contribution is -2.44.